The first-order chi connectivity index (χ1) is 13.2. The molecule has 0 saturated heterocycles. The van der Waals surface area contributed by atoms with Gasteiger partial charge in [-0.15, -0.1) is 0 Å². The Morgan fingerprint density at radius 2 is 1.93 bits per heavy atom. The molecule has 0 bridgehead atoms. The van der Waals surface area contributed by atoms with Gasteiger partial charge >= 0.3 is 0 Å². The Kier molecular flexibility index (Phi) is 4.68. The molecule has 0 unspecified atom stereocenters. The number of amides is 1. The lowest BCUT2D eigenvalue weighted by Crippen LogP contribution is -2.07. The van der Waals surface area contributed by atoms with Crippen LogP contribution in [0.15, 0.2) is 77.4 Å². The second-order valence-electron chi connectivity index (χ2n) is 5.80. The number of carbonyl (C=O) groups is 1. The molecule has 4 rings (SSSR count). The van der Waals surface area contributed by atoms with E-state index in [1.807, 2.05) is 30.3 Å². The summed E-state index contributed by atoms with van der Waals surface area (Å²) < 4.78 is 5.69. The van der Waals surface area contributed by atoms with Gasteiger partial charge in [0.25, 0.3) is 0 Å². The van der Waals surface area contributed by atoms with Crippen LogP contribution >= 0.6 is 11.6 Å². The molecule has 0 radical (unpaired) electrons. The van der Waals surface area contributed by atoms with E-state index >= 15 is 0 Å². The van der Waals surface area contributed by atoms with Gasteiger partial charge in [0.05, 0.1) is 0 Å². The van der Waals surface area contributed by atoms with Gasteiger partial charge in [-0.25, -0.2) is 4.98 Å². The maximum absolute atomic E-state index is 12.1. The molecular formula is C21H14ClN3O2. The van der Waals surface area contributed by atoms with Gasteiger partial charge in [-0.05, 0) is 60.2 Å². The van der Waals surface area contributed by atoms with Crippen LogP contribution in [0.2, 0.25) is 5.02 Å². The SMILES string of the molecule is O=C(C=Cc1cccc(Cl)c1)Nc1ccc(-c2nc3ncccc3o2)cc1. The van der Waals surface area contributed by atoms with Crippen LogP contribution in [0.3, 0.4) is 0 Å². The normalized spacial score (nSPS) is 11.1. The van der Waals surface area contributed by atoms with Crippen molar-refractivity contribution >= 4 is 40.5 Å². The third-order valence-electron chi connectivity index (χ3n) is 3.84. The standard InChI is InChI=1S/C21H14ClN3O2/c22-16-4-1-3-14(13-16)6-11-19(26)24-17-9-7-15(8-10-17)21-25-20-18(27-21)5-2-12-23-20/h1-13H,(H,24,26). The minimum atomic E-state index is -0.228. The zero-order valence-corrected chi connectivity index (χ0v) is 14.9. The van der Waals surface area contributed by atoms with Gasteiger partial charge in [-0.1, -0.05) is 23.7 Å². The molecule has 2 aromatic heterocycles. The molecule has 4 aromatic rings. The van der Waals surface area contributed by atoms with Crippen molar-refractivity contribution in [1.29, 1.82) is 0 Å². The molecule has 5 nitrogen and oxygen atoms in total. The number of halogens is 1. The number of fused-ring (bicyclic) bond motifs is 1. The number of nitrogens with one attached hydrogen (secondary N) is 1. The smallest absolute Gasteiger partial charge is 0.248 e. The highest BCUT2D eigenvalue weighted by molar-refractivity contribution is 6.30. The summed E-state index contributed by atoms with van der Waals surface area (Å²) in [6.07, 6.45) is 4.84. The van der Waals surface area contributed by atoms with E-state index in [2.05, 4.69) is 15.3 Å². The first-order valence-electron chi connectivity index (χ1n) is 8.24. The van der Waals surface area contributed by atoms with Crippen molar-refractivity contribution in [1.82, 2.24) is 9.97 Å². The molecule has 132 valence electrons. The van der Waals surface area contributed by atoms with Crippen molar-refractivity contribution in [2.75, 3.05) is 5.32 Å². The highest BCUT2D eigenvalue weighted by atomic mass is 35.5. The van der Waals surface area contributed by atoms with Crippen molar-refractivity contribution in [2.24, 2.45) is 0 Å². The van der Waals surface area contributed by atoms with Gasteiger partial charge in [0.2, 0.25) is 11.8 Å². The molecule has 0 saturated carbocycles. The van der Waals surface area contributed by atoms with E-state index in [-0.39, 0.29) is 5.91 Å². The van der Waals surface area contributed by atoms with E-state index in [1.54, 1.807) is 42.6 Å². The summed E-state index contributed by atoms with van der Waals surface area (Å²) in [6, 6.07) is 18.2. The number of nitrogens with zero attached hydrogens (tertiary/aromatic N) is 2. The van der Waals surface area contributed by atoms with Crippen molar-refractivity contribution < 1.29 is 9.21 Å². The van der Waals surface area contributed by atoms with Gasteiger partial charge in [-0.2, -0.15) is 4.98 Å². The Hall–Kier alpha value is -3.44. The van der Waals surface area contributed by atoms with E-state index in [0.717, 1.165) is 11.1 Å². The molecule has 0 aliphatic carbocycles. The van der Waals surface area contributed by atoms with Crippen LogP contribution in [0.4, 0.5) is 5.69 Å². The van der Waals surface area contributed by atoms with Crippen LogP contribution < -0.4 is 5.32 Å². The van der Waals surface area contributed by atoms with Crippen LogP contribution in [-0.2, 0) is 4.79 Å². The summed E-state index contributed by atoms with van der Waals surface area (Å²) in [5.74, 6) is 0.260. The summed E-state index contributed by atoms with van der Waals surface area (Å²) in [5, 5.41) is 3.44. The van der Waals surface area contributed by atoms with Crippen LogP contribution in [0, 0.1) is 0 Å². The highest BCUT2D eigenvalue weighted by Crippen LogP contribution is 2.24. The minimum Gasteiger partial charge on any atom is -0.434 e. The maximum atomic E-state index is 12.1. The number of benzene rings is 2. The number of rotatable bonds is 4. The van der Waals surface area contributed by atoms with Gasteiger partial charge in [0, 0.05) is 28.5 Å². The molecule has 1 amide bonds. The zero-order valence-electron chi connectivity index (χ0n) is 14.1. The number of hydrogen-bond acceptors (Lipinski definition) is 4. The lowest BCUT2D eigenvalue weighted by atomic mass is 10.2. The third kappa shape index (κ3) is 4.04. The Labute approximate surface area is 160 Å². The van der Waals surface area contributed by atoms with E-state index in [9.17, 15) is 4.79 Å². The first kappa shape index (κ1) is 17.0. The van der Waals surface area contributed by atoms with Gasteiger partial charge in [-0.3, -0.25) is 4.79 Å². The average Bonchev–Trinajstić information content (AvgIpc) is 3.11. The molecule has 0 aliphatic heterocycles. The number of pyridine rings is 1. The van der Waals surface area contributed by atoms with Crippen molar-refractivity contribution in [3.05, 3.63) is 83.5 Å². The topological polar surface area (TPSA) is 68.0 Å². The Morgan fingerprint density at radius 3 is 2.70 bits per heavy atom. The molecule has 27 heavy (non-hydrogen) atoms. The second kappa shape index (κ2) is 7.43. The Bertz CT molecular complexity index is 1100. The fourth-order valence-corrected chi connectivity index (χ4v) is 2.75. The number of carbonyl (C=O) groups excluding carboxylic acids is 1. The number of anilines is 1. The van der Waals surface area contributed by atoms with Crippen LogP contribution in [0.25, 0.3) is 28.8 Å². The van der Waals surface area contributed by atoms with E-state index in [1.165, 1.54) is 6.08 Å². The number of hydrogen-bond donors (Lipinski definition) is 1. The molecule has 1 N–H and O–H groups in total. The van der Waals surface area contributed by atoms with Crippen molar-refractivity contribution in [3.8, 4) is 11.5 Å². The molecule has 0 spiro atoms. The molecule has 0 atom stereocenters. The fraction of sp³-hybridized carbons (Fsp3) is 0. The first-order valence-corrected chi connectivity index (χ1v) is 8.62. The summed E-state index contributed by atoms with van der Waals surface area (Å²) in [5.41, 5.74) is 3.54. The van der Waals surface area contributed by atoms with Crippen molar-refractivity contribution in [3.63, 3.8) is 0 Å². The maximum Gasteiger partial charge on any atom is 0.248 e. The largest absolute Gasteiger partial charge is 0.434 e. The molecule has 0 fully saturated rings. The summed E-state index contributed by atoms with van der Waals surface area (Å²) >= 11 is 5.93. The second-order valence-corrected chi connectivity index (χ2v) is 6.24. The van der Waals surface area contributed by atoms with Crippen LogP contribution in [0.5, 0.6) is 0 Å². The molecule has 6 heteroatoms. The molecule has 0 aliphatic rings. The van der Waals surface area contributed by atoms with Crippen LogP contribution in [-0.4, -0.2) is 15.9 Å². The lowest BCUT2D eigenvalue weighted by molar-refractivity contribution is -0.111. The third-order valence-corrected chi connectivity index (χ3v) is 4.08. The molecule has 2 aromatic carbocycles. The Morgan fingerprint density at radius 1 is 1.07 bits per heavy atom. The summed E-state index contributed by atoms with van der Waals surface area (Å²) in [6.45, 7) is 0. The van der Waals surface area contributed by atoms with Gasteiger partial charge in [0.15, 0.2) is 11.2 Å². The van der Waals surface area contributed by atoms with E-state index in [4.69, 9.17) is 16.0 Å². The summed E-state index contributed by atoms with van der Waals surface area (Å²) in [7, 11) is 0. The predicted molar refractivity (Wildman–Crippen MR) is 106 cm³/mol. The quantitative estimate of drug-likeness (QED) is 0.498. The van der Waals surface area contributed by atoms with E-state index in [0.29, 0.717) is 27.8 Å². The van der Waals surface area contributed by atoms with Crippen molar-refractivity contribution in [2.45, 2.75) is 0 Å². The zero-order chi connectivity index (χ0) is 18.6. The van der Waals surface area contributed by atoms with Gasteiger partial charge < -0.3 is 9.73 Å². The Balaban J connectivity index is 1.45. The number of aromatic nitrogens is 2. The molecular weight excluding hydrogens is 362 g/mol. The minimum absolute atomic E-state index is 0.228. The fourth-order valence-electron chi connectivity index (χ4n) is 2.55. The van der Waals surface area contributed by atoms with Crippen LogP contribution in [0.1, 0.15) is 5.56 Å². The number of oxazole rings is 1. The lowest BCUT2D eigenvalue weighted by Gasteiger charge is -2.03. The molecule has 2 heterocycles. The monoisotopic (exact) mass is 375 g/mol. The van der Waals surface area contributed by atoms with Gasteiger partial charge in [0.1, 0.15) is 0 Å². The van der Waals surface area contributed by atoms with E-state index < -0.39 is 0 Å². The predicted octanol–water partition coefficient (Wildman–Crippen LogP) is 5.20. The average molecular weight is 376 g/mol. The highest BCUT2D eigenvalue weighted by Gasteiger charge is 2.08. The summed E-state index contributed by atoms with van der Waals surface area (Å²) in [4.78, 5) is 20.6.